The quantitative estimate of drug-likeness (QED) is 0.678. The summed E-state index contributed by atoms with van der Waals surface area (Å²) >= 11 is 0. The summed E-state index contributed by atoms with van der Waals surface area (Å²) < 4.78 is 1.42. The van der Waals surface area contributed by atoms with Gasteiger partial charge in [-0.3, -0.25) is 0 Å². The number of carbonyl (C=O) groups is 1. The minimum Gasteiger partial charge on any atom is -0.477 e. The molecule has 6 heteroatoms. The van der Waals surface area contributed by atoms with E-state index in [-0.39, 0.29) is 17.0 Å². The zero-order valence-corrected chi connectivity index (χ0v) is 7.43. The van der Waals surface area contributed by atoms with E-state index in [9.17, 15) is 4.79 Å². The minimum atomic E-state index is -1.12. The van der Waals surface area contributed by atoms with Gasteiger partial charge in [0.05, 0.1) is 0 Å². The summed E-state index contributed by atoms with van der Waals surface area (Å²) in [6, 6.07) is 1.73. The third-order valence-electron chi connectivity index (χ3n) is 1.95. The fraction of sp³-hybridized carbons (Fsp3) is 0.125. The Bertz CT molecular complexity index is 517. The number of nitrogens with zero attached hydrogens (tertiary/aromatic N) is 3. The van der Waals surface area contributed by atoms with Crippen LogP contribution in [0, 0.1) is 6.92 Å². The summed E-state index contributed by atoms with van der Waals surface area (Å²) in [4.78, 5) is 14.8. The second kappa shape index (κ2) is 2.69. The summed E-state index contributed by atoms with van der Waals surface area (Å²) in [5.74, 6) is -1.13. The molecule has 0 aliphatic carbocycles. The van der Waals surface area contributed by atoms with E-state index in [1.807, 2.05) is 0 Å². The Hall–Kier alpha value is -2.11. The molecule has 0 spiro atoms. The molecule has 2 heterocycles. The Labute approximate surface area is 79.0 Å². The van der Waals surface area contributed by atoms with Gasteiger partial charge < -0.3 is 10.8 Å². The molecule has 2 aromatic rings. The maximum Gasteiger partial charge on any atom is 0.343 e. The zero-order chi connectivity index (χ0) is 10.3. The lowest BCUT2D eigenvalue weighted by Gasteiger charge is -1.95. The van der Waals surface area contributed by atoms with Gasteiger partial charge in [0, 0.05) is 11.9 Å². The molecule has 0 bridgehead atoms. The van der Waals surface area contributed by atoms with E-state index in [1.165, 1.54) is 10.7 Å². The van der Waals surface area contributed by atoms with Gasteiger partial charge in [0.25, 0.3) is 0 Å². The largest absolute Gasteiger partial charge is 0.477 e. The standard InChI is InChI=1S/C8H8N4O2/c1-4-2-3-10-7-5(8(13)14)6(9)11-12(4)7/h2-3H,1H3,(H2,9,11)(H,13,14). The topological polar surface area (TPSA) is 93.5 Å². The number of nitrogen functional groups attached to an aromatic ring is 1. The number of nitrogens with two attached hydrogens (primary N) is 1. The Kier molecular flexibility index (Phi) is 1.63. The molecule has 0 amide bonds. The van der Waals surface area contributed by atoms with Crippen LogP contribution in [0.15, 0.2) is 12.3 Å². The van der Waals surface area contributed by atoms with Crippen molar-refractivity contribution in [2.24, 2.45) is 0 Å². The van der Waals surface area contributed by atoms with Crippen LogP contribution in [0.3, 0.4) is 0 Å². The molecule has 72 valence electrons. The van der Waals surface area contributed by atoms with Gasteiger partial charge in [0.2, 0.25) is 0 Å². The summed E-state index contributed by atoms with van der Waals surface area (Å²) in [6.07, 6.45) is 1.53. The molecule has 0 aliphatic heterocycles. The fourth-order valence-corrected chi connectivity index (χ4v) is 1.28. The van der Waals surface area contributed by atoms with Crippen LogP contribution < -0.4 is 5.73 Å². The first-order chi connectivity index (χ1) is 6.61. The Morgan fingerprint density at radius 2 is 2.36 bits per heavy atom. The van der Waals surface area contributed by atoms with Crippen LogP contribution in [-0.4, -0.2) is 25.7 Å². The highest BCUT2D eigenvalue weighted by Gasteiger charge is 2.18. The van der Waals surface area contributed by atoms with Crippen molar-refractivity contribution >= 4 is 17.4 Å². The molecular weight excluding hydrogens is 184 g/mol. The minimum absolute atomic E-state index is 0.0145. The van der Waals surface area contributed by atoms with Crippen LogP contribution in [0.25, 0.3) is 5.65 Å². The molecule has 2 rings (SSSR count). The number of fused-ring (bicyclic) bond motifs is 1. The van der Waals surface area contributed by atoms with Crippen LogP contribution in [0.1, 0.15) is 16.1 Å². The van der Waals surface area contributed by atoms with E-state index >= 15 is 0 Å². The Morgan fingerprint density at radius 3 is 3.00 bits per heavy atom. The predicted molar refractivity (Wildman–Crippen MR) is 49.1 cm³/mol. The lowest BCUT2D eigenvalue weighted by Crippen LogP contribution is -2.01. The fourth-order valence-electron chi connectivity index (χ4n) is 1.28. The van der Waals surface area contributed by atoms with E-state index in [4.69, 9.17) is 10.8 Å². The van der Waals surface area contributed by atoms with E-state index in [1.54, 1.807) is 13.0 Å². The number of aromatic carboxylic acids is 1. The van der Waals surface area contributed by atoms with Crippen LogP contribution >= 0.6 is 0 Å². The van der Waals surface area contributed by atoms with Gasteiger partial charge >= 0.3 is 5.97 Å². The van der Waals surface area contributed by atoms with E-state index < -0.39 is 5.97 Å². The van der Waals surface area contributed by atoms with Crippen LogP contribution in [-0.2, 0) is 0 Å². The normalized spacial score (nSPS) is 10.6. The monoisotopic (exact) mass is 192 g/mol. The second-order valence-electron chi connectivity index (χ2n) is 2.89. The molecule has 0 saturated carbocycles. The van der Waals surface area contributed by atoms with E-state index in [0.717, 1.165) is 5.69 Å². The van der Waals surface area contributed by atoms with Crippen LogP contribution in [0.2, 0.25) is 0 Å². The van der Waals surface area contributed by atoms with Crippen molar-refractivity contribution in [1.82, 2.24) is 14.6 Å². The van der Waals surface area contributed by atoms with Crippen molar-refractivity contribution in [3.05, 3.63) is 23.5 Å². The molecule has 0 atom stereocenters. The van der Waals surface area contributed by atoms with Gasteiger partial charge in [-0.1, -0.05) is 0 Å². The Morgan fingerprint density at radius 1 is 1.64 bits per heavy atom. The third-order valence-corrected chi connectivity index (χ3v) is 1.95. The predicted octanol–water partition coefficient (Wildman–Crippen LogP) is 0.318. The molecule has 0 saturated heterocycles. The molecule has 0 aromatic carbocycles. The summed E-state index contributed by atoms with van der Waals surface area (Å²) in [6.45, 7) is 1.80. The highest BCUT2D eigenvalue weighted by atomic mass is 16.4. The number of carboxylic acid groups (broad SMARTS) is 1. The number of carboxylic acids is 1. The van der Waals surface area contributed by atoms with Gasteiger partial charge in [-0.25, -0.2) is 14.3 Å². The summed E-state index contributed by atoms with van der Waals surface area (Å²) in [5, 5.41) is 12.8. The first-order valence-corrected chi connectivity index (χ1v) is 3.94. The number of aryl methyl sites for hydroxylation is 1. The van der Waals surface area contributed by atoms with E-state index in [0.29, 0.717) is 0 Å². The molecule has 0 unspecified atom stereocenters. The first kappa shape index (κ1) is 8.49. The van der Waals surface area contributed by atoms with Gasteiger partial charge in [0.15, 0.2) is 11.5 Å². The lowest BCUT2D eigenvalue weighted by atomic mass is 10.3. The van der Waals surface area contributed by atoms with Crippen molar-refractivity contribution < 1.29 is 9.90 Å². The first-order valence-electron chi connectivity index (χ1n) is 3.94. The lowest BCUT2D eigenvalue weighted by molar-refractivity contribution is 0.0700. The molecule has 0 radical (unpaired) electrons. The van der Waals surface area contributed by atoms with Crippen molar-refractivity contribution in [3.8, 4) is 0 Å². The molecular formula is C8H8N4O2. The second-order valence-corrected chi connectivity index (χ2v) is 2.89. The SMILES string of the molecule is Cc1ccnc2c(C(=O)O)c(N)nn12. The van der Waals surface area contributed by atoms with Gasteiger partial charge in [-0.05, 0) is 13.0 Å². The summed E-state index contributed by atoms with van der Waals surface area (Å²) in [5.41, 5.74) is 6.48. The molecule has 0 fully saturated rings. The van der Waals surface area contributed by atoms with Crippen LogP contribution in [0.5, 0.6) is 0 Å². The van der Waals surface area contributed by atoms with Gasteiger partial charge in [0.1, 0.15) is 5.56 Å². The van der Waals surface area contributed by atoms with Crippen LogP contribution in [0.4, 0.5) is 5.82 Å². The number of aromatic nitrogens is 3. The van der Waals surface area contributed by atoms with E-state index in [2.05, 4.69) is 10.1 Å². The number of anilines is 1. The maximum absolute atomic E-state index is 10.8. The molecule has 2 aromatic heterocycles. The van der Waals surface area contributed by atoms with Crippen molar-refractivity contribution in [1.29, 1.82) is 0 Å². The maximum atomic E-state index is 10.8. The smallest absolute Gasteiger partial charge is 0.343 e. The highest BCUT2D eigenvalue weighted by Crippen LogP contribution is 2.16. The highest BCUT2D eigenvalue weighted by molar-refractivity contribution is 5.99. The van der Waals surface area contributed by atoms with Crippen molar-refractivity contribution in [2.75, 3.05) is 5.73 Å². The molecule has 6 nitrogen and oxygen atoms in total. The molecule has 0 aliphatic rings. The van der Waals surface area contributed by atoms with Crippen molar-refractivity contribution in [2.45, 2.75) is 6.92 Å². The number of hydrogen-bond acceptors (Lipinski definition) is 4. The summed E-state index contributed by atoms with van der Waals surface area (Å²) in [7, 11) is 0. The average Bonchev–Trinajstić information content (AvgIpc) is 2.42. The average molecular weight is 192 g/mol. The van der Waals surface area contributed by atoms with Gasteiger partial charge in [-0.15, -0.1) is 5.10 Å². The number of hydrogen-bond donors (Lipinski definition) is 2. The molecule has 3 N–H and O–H groups in total. The zero-order valence-electron chi connectivity index (χ0n) is 7.43. The molecule has 14 heavy (non-hydrogen) atoms. The van der Waals surface area contributed by atoms with Gasteiger partial charge in [-0.2, -0.15) is 0 Å². The number of rotatable bonds is 1. The Balaban J connectivity index is 2.90. The van der Waals surface area contributed by atoms with Crippen molar-refractivity contribution in [3.63, 3.8) is 0 Å². The third kappa shape index (κ3) is 1.00.